The predicted molar refractivity (Wildman–Crippen MR) is 59.8 cm³/mol. The fourth-order valence-electron chi connectivity index (χ4n) is 1.51. The molecule has 0 atom stereocenters. The minimum absolute atomic E-state index is 0.0460. The van der Waals surface area contributed by atoms with Crippen LogP contribution in [0, 0.1) is 6.92 Å². The lowest BCUT2D eigenvalue weighted by Gasteiger charge is -2.04. The number of aliphatic hydroxyl groups is 1. The molecule has 0 radical (unpaired) electrons. The van der Waals surface area contributed by atoms with Gasteiger partial charge < -0.3 is 9.52 Å². The Morgan fingerprint density at radius 3 is 2.67 bits per heavy atom. The molecule has 0 aliphatic carbocycles. The lowest BCUT2D eigenvalue weighted by molar-refractivity contribution is 0.282. The van der Waals surface area contributed by atoms with Crippen molar-refractivity contribution in [1.29, 1.82) is 0 Å². The fourth-order valence-corrected chi connectivity index (χ4v) is 1.71. The Balaban J connectivity index is 2.52. The molecular formula is C12H11ClO2. The molecule has 2 aromatic rings. The third-order valence-electron chi connectivity index (χ3n) is 2.24. The van der Waals surface area contributed by atoms with Gasteiger partial charge in [0.15, 0.2) is 0 Å². The van der Waals surface area contributed by atoms with E-state index in [4.69, 9.17) is 16.0 Å². The topological polar surface area (TPSA) is 33.4 Å². The Bertz CT molecular complexity index is 474. The molecule has 1 aromatic carbocycles. The van der Waals surface area contributed by atoms with Gasteiger partial charge in [-0.3, -0.25) is 0 Å². The lowest BCUT2D eigenvalue weighted by atomic mass is 10.1. The molecule has 1 aromatic heterocycles. The number of hydrogen-bond donors (Lipinski definition) is 1. The first-order chi connectivity index (χ1) is 7.20. The van der Waals surface area contributed by atoms with E-state index in [0.29, 0.717) is 5.02 Å². The summed E-state index contributed by atoms with van der Waals surface area (Å²) in [6.45, 7) is 1.84. The number of aryl methyl sites for hydroxylation is 1. The van der Waals surface area contributed by atoms with Gasteiger partial charge >= 0.3 is 0 Å². The highest BCUT2D eigenvalue weighted by Gasteiger charge is 2.08. The van der Waals surface area contributed by atoms with E-state index in [9.17, 15) is 5.11 Å². The smallest absolute Gasteiger partial charge is 0.134 e. The molecule has 0 saturated heterocycles. The van der Waals surface area contributed by atoms with E-state index in [2.05, 4.69) is 0 Å². The summed E-state index contributed by atoms with van der Waals surface area (Å²) in [5, 5.41) is 9.83. The Hall–Kier alpha value is -1.25. The van der Waals surface area contributed by atoms with E-state index in [1.54, 1.807) is 12.1 Å². The molecule has 0 aliphatic rings. The van der Waals surface area contributed by atoms with Gasteiger partial charge in [-0.15, -0.1) is 0 Å². The third-order valence-corrected chi connectivity index (χ3v) is 2.48. The van der Waals surface area contributed by atoms with Crippen molar-refractivity contribution in [3.8, 4) is 11.3 Å². The van der Waals surface area contributed by atoms with Crippen LogP contribution in [0.15, 0.2) is 34.7 Å². The second kappa shape index (κ2) is 4.09. The van der Waals surface area contributed by atoms with Gasteiger partial charge in [-0.05, 0) is 42.8 Å². The van der Waals surface area contributed by atoms with Crippen molar-refractivity contribution in [3.05, 3.63) is 46.7 Å². The molecule has 78 valence electrons. The van der Waals surface area contributed by atoms with Crippen molar-refractivity contribution in [2.24, 2.45) is 0 Å². The van der Waals surface area contributed by atoms with E-state index in [1.165, 1.54) is 0 Å². The minimum Gasteiger partial charge on any atom is -0.461 e. The van der Waals surface area contributed by atoms with Crippen LogP contribution in [-0.2, 0) is 6.61 Å². The summed E-state index contributed by atoms with van der Waals surface area (Å²) in [5.74, 6) is 1.61. The molecule has 0 spiro atoms. The average Bonchev–Trinajstić information content (AvgIpc) is 2.64. The van der Waals surface area contributed by atoms with Crippen molar-refractivity contribution in [2.75, 3.05) is 0 Å². The van der Waals surface area contributed by atoms with Crippen LogP contribution in [-0.4, -0.2) is 5.11 Å². The Morgan fingerprint density at radius 1 is 1.27 bits per heavy atom. The zero-order valence-electron chi connectivity index (χ0n) is 8.33. The number of furan rings is 1. The van der Waals surface area contributed by atoms with Gasteiger partial charge in [-0.2, -0.15) is 0 Å². The number of aliphatic hydroxyl groups excluding tert-OH is 1. The normalized spacial score (nSPS) is 10.6. The number of benzene rings is 1. The summed E-state index contributed by atoms with van der Waals surface area (Å²) >= 11 is 5.85. The maximum absolute atomic E-state index is 9.21. The highest BCUT2D eigenvalue weighted by atomic mass is 35.5. The number of halogens is 1. The van der Waals surface area contributed by atoms with E-state index in [-0.39, 0.29) is 6.61 Å². The van der Waals surface area contributed by atoms with Crippen molar-refractivity contribution in [3.63, 3.8) is 0 Å². The van der Waals surface area contributed by atoms with Crippen molar-refractivity contribution < 1.29 is 9.52 Å². The quantitative estimate of drug-likeness (QED) is 0.845. The van der Waals surface area contributed by atoms with Gasteiger partial charge in [0, 0.05) is 10.6 Å². The Kier molecular flexibility index (Phi) is 2.80. The monoisotopic (exact) mass is 222 g/mol. The van der Waals surface area contributed by atoms with Crippen LogP contribution in [0.2, 0.25) is 5.02 Å². The molecule has 0 aliphatic heterocycles. The molecule has 2 nitrogen and oxygen atoms in total. The largest absolute Gasteiger partial charge is 0.461 e. The van der Waals surface area contributed by atoms with Gasteiger partial charge in [0.1, 0.15) is 11.5 Å². The predicted octanol–water partition coefficient (Wildman–Crippen LogP) is 3.40. The molecule has 0 fully saturated rings. The maximum atomic E-state index is 9.21. The molecule has 3 heteroatoms. The van der Waals surface area contributed by atoms with Crippen LogP contribution in [0.5, 0.6) is 0 Å². The molecule has 0 unspecified atom stereocenters. The summed E-state index contributed by atoms with van der Waals surface area (Å²) < 4.78 is 5.50. The van der Waals surface area contributed by atoms with Gasteiger partial charge in [0.05, 0.1) is 6.61 Å². The second-order valence-corrected chi connectivity index (χ2v) is 3.81. The van der Waals surface area contributed by atoms with Gasteiger partial charge in [-0.25, -0.2) is 0 Å². The van der Waals surface area contributed by atoms with E-state index < -0.39 is 0 Å². The van der Waals surface area contributed by atoms with Crippen LogP contribution in [0.4, 0.5) is 0 Å². The lowest BCUT2D eigenvalue weighted by Crippen LogP contribution is -1.88. The molecular weight excluding hydrogens is 212 g/mol. The van der Waals surface area contributed by atoms with E-state index in [1.807, 2.05) is 25.1 Å². The summed E-state index contributed by atoms with van der Waals surface area (Å²) in [5.41, 5.74) is 1.66. The standard InChI is InChI=1S/C12H11ClO2/c1-8-2-5-12(15-8)11-4-3-10(13)6-9(11)7-14/h2-6,14H,7H2,1H3. The summed E-state index contributed by atoms with van der Waals surface area (Å²) in [7, 11) is 0. The average molecular weight is 223 g/mol. The highest BCUT2D eigenvalue weighted by molar-refractivity contribution is 6.30. The molecule has 1 N–H and O–H groups in total. The molecule has 0 bridgehead atoms. The first kappa shape index (κ1) is 10.3. The fraction of sp³-hybridized carbons (Fsp3) is 0.167. The third kappa shape index (κ3) is 2.06. The summed E-state index contributed by atoms with van der Waals surface area (Å²) in [4.78, 5) is 0. The van der Waals surface area contributed by atoms with Gasteiger partial charge in [0.25, 0.3) is 0 Å². The van der Waals surface area contributed by atoms with Crippen molar-refractivity contribution in [1.82, 2.24) is 0 Å². The zero-order valence-corrected chi connectivity index (χ0v) is 9.08. The van der Waals surface area contributed by atoms with Crippen LogP contribution in [0.1, 0.15) is 11.3 Å². The molecule has 1 heterocycles. The molecule has 0 saturated carbocycles. The first-order valence-electron chi connectivity index (χ1n) is 4.67. The second-order valence-electron chi connectivity index (χ2n) is 3.37. The SMILES string of the molecule is Cc1ccc(-c2ccc(Cl)cc2CO)o1. The van der Waals surface area contributed by atoms with Crippen LogP contribution in [0.25, 0.3) is 11.3 Å². The number of rotatable bonds is 2. The van der Waals surface area contributed by atoms with Crippen LogP contribution in [0.3, 0.4) is 0 Å². The van der Waals surface area contributed by atoms with Gasteiger partial charge in [-0.1, -0.05) is 11.6 Å². The van der Waals surface area contributed by atoms with Crippen LogP contribution < -0.4 is 0 Å². The Morgan fingerprint density at radius 2 is 2.07 bits per heavy atom. The molecule has 0 amide bonds. The van der Waals surface area contributed by atoms with Crippen LogP contribution >= 0.6 is 11.6 Å². The molecule has 15 heavy (non-hydrogen) atoms. The maximum Gasteiger partial charge on any atom is 0.134 e. The van der Waals surface area contributed by atoms with Crippen molar-refractivity contribution >= 4 is 11.6 Å². The first-order valence-corrected chi connectivity index (χ1v) is 5.04. The zero-order chi connectivity index (χ0) is 10.8. The summed E-state index contributed by atoms with van der Waals surface area (Å²) in [6, 6.07) is 9.16. The Labute approximate surface area is 93.1 Å². The van der Waals surface area contributed by atoms with Gasteiger partial charge in [0.2, 0.25) is 0 Å². The van der Waals surface area contributed by atoms with Crippen molar-refractivity contribution in [2.45, 2.75) is 13.5 Å². The minimum atomic E-state index is -0.0460. The summed E-state index contributed by atoms with van der Waals surface area (Å²) in [6.07, 6.45) is 0. The van der Waals surface area contributed by atoms with E-state index >= 15 is 0 Å². The van der Waals surface area contributed by atoms with E-state index in [0.717, 1.165) is 22.6 Å². The number of hydrogen-bond acceptors (Lipinski definition) is 2. The molecule has 2 rings (SSSR count). The highest BCUT2D eigenvalue weighted by Crippen LogP contribution is 2.27.